The standard InChI is InChI=1S/C21H28N6O2S/c1-5-11-26(12-6-2)17(28)13-30-21-23-20-18(14(3)24-25-20)19(22)27(21)15-7-9-16(29-4)10-8-15/h7-10,22H,5-6,11-13H2,1-4H3,(H,24,25). The number of nitrogens with zero attached hydrogens (tertiary/aromatic N) is 4. The van der Waals surface area contributed by atoms with Gasteiger partial charge in [-0.05, 0) is 44.0 Å². The highest BCUT2D eigenvalue weighted by atomic mass is 32.2. The lowest BCUT2D eigenvalue weighted by Gasteiger charge is -2.21. The summed E-state index contributed by atoms with van der Waals surface area (Å²) in [5, 5.41) is 17.2. The number of nitrogens with one attached hydrogen (secondary N) is 2. The van der Waals surface area contributed by atoms with Gasteiger partial charge >= 0.3 is 0 Å². The number of methoxy groups -OCH3 is 1. The topological polar surface area (TPSA) is 99.9 Å². The Labute approximate surface area is 180 Å². The molecule has 1 amide bonds. The Morgan fingerprint density at radius 1 is 1.23 bits per heavy atom. The van der Waals surface area contributed by atoms with Crippen LogP contribution in [0.1, 0.15) is 32.4 Å². The molecule has 160 valence electrons. The number of H-pyrrole nitrogens is 1. The molecule has 3 rings (SSSR count). The molecule has 0 fully saturated rings. The first kappa shape index (κ1) is 21.9. The van der Waals surface area contributed by atoms with Gasteiger partial charge in [0.05, 0.1) is 18.2 Å². The first-order valence-corrected chi connectivity index (χ1v) is 11.1. The quantitative estimate of drug-likeness (QED) is 0.402. The molecule has 0 unspecified atom stereocenters. The SMILES string of the molecule is CCCN(CCC)C(=O)CSc1nc2n[nH]c(C)c2c(=N)n1-c1ccc(OC)cc1. The van der Waals surface area contributed by atoms with Crippen LogP contribution < -0.4 is 10.2 Å². The molecule has 3 aromatic rings. The molecule has 2 heterocycles. The van der Waals surface area contributed by atoms with Crippen LogP contribution in [0.4, 0.5) is 0 Å². The number of aryl methyl sites for hydroxylation is 1. The summed E-state index contributed by atoms with van der Waals surface area (Å²) in [6.07, 6.45) is 1.85. The molecule has 0 atom stereocenters. The van der Waals surface area contributed by atoms with Gasteiger partial charge in [0, 0.05) is 24.5 Å². The molecular formula is C21H28N6O2S. The van der Waals surface area contributed by atoms with E-state index < -0.39 is 0 Å². The Morgan fingerprint density at radius 2 is 1.90 bits per heavy atom. The average molecular weight is 429 g/mol. The van der Waals surface area contributed by atoms with Crippen molar-refractivity contribution in [3.8, 4) is 11.4 Å². The third-order valence-electron chi connectivity index (χ3n) is 4.78. The molecule has 0 spiro atoms. The van der Waals surface area contributed by atoms with Gasteiger partial charge in [0.25, 0.3) is 0 Å². The highest BCUT2D eigenvalue weighted by Crippen LogP contribution is 2.23. The lowest BCUT2D eigenvalue weighted by molar-refractivity contribution is -0.128. The zero-order valence-electron chi connectivity index (χ0n) is 17.9. The molecule has 1 aromatic carbocycles. The molecule has 30 heavy (non-hydrogen) atoms. The molecule has 8 nitrogen and oxygen atoms in total. The molecule has 0 aliphatic heterocycles. The van der Waals surface area contributed by atoms with Crippen molar-refractivity contribution in [2.24, 2.45) is 0 Å². The second-order valence-electron chi connectivity index (χ2n) is 6.99. The normalized spacial score (nSPS) is 11.1. The van der Waals surface area contributed by atoms with Crippen molar-refractivity contribution in [3.05, 3.63) is 35.4 Å². The predicted octanol–water partition coefficient (Wildman–Crippen LogP) is 3.29. The van der Waals surface area contributed by atoms with Crippen LogP contribution in [0.3, 0.4) is 0 Å². The number of benzene rings is 1. The number of amides is 1. The number of aromatic nitrogens is 4. The maximum Gasteiger partial charge on any atom is 0.233 e. The fourth-order valence-corrected chi connectivity index (χ4v) is 4.23. The van der Waals surface area contributed by atoms with Gasteiger partial charge in [-0.25, -0.2) is 4.98 Å². The summed E-state index contributed by atoms with van der Waals surface area (Å²) in [7, 11) is 1.62. The van der Waals surface area contributed by atoms with Crippen molar-refractivity contribution in [3.63, 3.8) is 0 Å². The Bertz CT molecular complexity index is 1070. The molecule has 9 heteroatoms. The van der Waals surface area contributed by atoms with E-state index in [-0.39, 0.29) is 17.1 Å². The van der Waals surface area contributed by atoms with Crippen LogP contribution in [-0.4, -0.2) is 56.5 Å². The van der Waals surface area contributed by atoms with E-state index in [1.54, 1.807) is 11.7 Å². The van der Waals surface area contributed by atoms with Crippen LogP contribution >= 0.6 is 11.8 Å². The second kappa shape index (κ2) is 9.80. The van der Waals surface area contributed by atoms with Crippen LogP contribution in [0.5, 0.6) is 5.75 Å². The first-order valence-electron chi connectivity index (χ1n) is 10.1. The number of rotatable bonds is 9. The number of fused-ring (bicyclic) bond motifs is 1. The number of thioether (sulfide) groups is 1. The van der Waals surface area contributed by atoms with Crippen LogP contribution in [0, 0.1) is 12.3 Å². The molecule has 2 aromatic heterocycles. The highest BCUT2D eigenvalue weighted by molar-refractivity contribution is 7.99. The van der Waals surface area contributed by atoms with Gasteiger partial charge in [-0.15, -0.1) is 0 Å². The lowest BCUT2D eigenvalue weighted by atomic mass is 10.2. The van der Waals surface area contributed by atoms with Gasteiger partial charge < -0.3 is 9.64 Å². The van der Waals surface area contributed by atoms with Crippen molar-refractivity contribution in [1.29, 1.82) is 5.41 Å². The maximum absolute atomic E-state index is 12.8. The van der Waals surface area contributed by atoms with Crippen molar-refractivity contribution in [1.82, 2.24) is 24.6 Å². The summed E-state index contributed by atoms with van der Waals surface area (Å²) in [5.74, 6) is 1.08. The van der Waals surface area contributed by atoms with Gasteiger partial charge in [0.15, 0.2) is 10.8 Å². The van der Waals surface area contributed by atoms with Gasteiger partial charge in [-0.2, -0.15) is 5.10 Å². The van der Waals surface area contributed by atoms with Crippen molar-refractivity contribution in [2.45, 2.75) is 38.8 Å². The largest absolute Gasteiger partial charge is 0.497 e. The van der Waals surface area contributed by atoms with E-state index in [9.17, 15) is 4.79 Å². The highest BCUT2D eigenvalue weighted by Gasteiger charge is 2.18. The molecule has 0 bridgehead atoms. The van der Waals surface area contributed by atoms with Gasteiger partial charge in [-0.3, -0.25) is 19.9 Å². The van der Waals surface area contributed by atoms with Crippen LogP contribution in [0.25, 0.3) is 16.7 Å². The fourth-order valence-electron chi connectivity index (χ4n) is 3.32. The number of carbonyl (C=O) groups excluding carboxylic acids is 1. The lowest BCUT2D eigenvalue weighted by Crippen LogP contribution is -2.34. The molecule has 0 radical (unpaired) electrons. The fraction of sp³-hybridized carbons (Fsp3) is 0.429. The van der Waals surface area contributed by atoms with E-state index in [1.165, 1.54) is 11.8 Å². The second-order valence-corrected chi connectivity index (χ2v) is 7.94. The number of ether oxygens (including phenoxy) is 1. The van der Waals surface area contributed by atoms with E-state index in [0.717, 1.165) is 43.1 Å². The van der Waals surface area contributed by atoms with E-state index in [2.05, 4.69) is 29.0 Å². The zero-order chi connectivity index (χ0) is 21.7. The summed E-state index contributed by atoms with van der Waals surface area (Å²) < 4.78 is 7.01. The van der Waals surface area contributed by atoms with Crippen molar-refractivity contribution in [2.75, 3.05) is 26.0 Å². The third-order valence-corrected chi connectivity index (χ3v) is 5.70. The molecule has 0 aliphatic rings. The number of aromatic amines is 1. The minimum Gasteiger partial charge on any atom is -0.497 e. The monoisotopic (exact) mass is 428 g/mol. The van der Waals surface area contributed by atoms with Gasteiger partial charge in [0.2, 0.25) is 5.91 Å². The van der Waals surface area contributed by atoms with E-state index in [0.29, 0.717) is 16.2 Å². The van der Waals surface area contributed by atoms with Gasteiger partial charge in [-0.1, -0.05) is 25.6 Å². The minimum atomic E-state index is 0.0802. The number of hydrogen-bond acceptors (Lipinski definition) is 6. The first-order chi connectivity index (χ1) is 14.5. The smallest absolute Gasteiger partial charge is 0.233 e. The Balaban J connectivity index is 2.00. The summed E-state index contributed by atoms with van der Waals surface area (Å²) in [5.41, 5.74) is 2.33. The van der Waals surface area contributed by atoms with E-state index >= 15 is 0 Å². The number of hydrogen-bond donors (Lipinski definition) is 2. The zero-order valence-corrected chi connectivity index (χ0v) is 18.7. The summed E-state index contributed by atoms with van der Waals surface area (Å²) in [4.78, 5) is 19.3. The van der Waals surface area contributed by atoms with Crippen LogP contribution in [0.2, 0.25) is 0 Å². The summed E-state index contributed by atoms with van der Waals surface area (Å²) in [6, 6.07) is 7.45. The van der Waals surface area contributed by atoms with Crippen molar-refractivity contribution < 1.29 is 9.53 Å². The average Bonchev–Trinajstić information content (AvgIpc) is 3.13. The molecule has 2 N–H and O–H groups in total. The minimum absolute atomic E-state index is 0.0802. The van der Waals surface area contributed by atoms with Crippen molar-refractivity contribution >= 4 is 28.7 Å². The van der Waals surface area contributed by atoms with Crippen LogP contribution in [-0.2, 0) is 4.79 Å². The number of carbonyl (C=O) groups is 1. The molecule has 0 saturated carbocycles. The molecule has 0 saturated heterocycles. The Morgan fingerprint density at radius 3 is 2.50 bits per heavy atom. The molecule has 0 aliphatic carbocycles. The predicted molar refractivity (Wildman–Crippen MR) is 118 cm³/mol. The van der Waals surface area contributed by atoms with Crippen LogP contribution in [0.15, 0.2) is 29.4 Å². The summed E-state index contributed by atoms with van der Waals surface area (Å²) in [6.45, 7) is 7.52. The van der Waals surface area contributed by atoms with E-state index in [4.69, 9.17) is 10.1 Å². The summed E-state index contributed by atoms with van der Waals surface area (Å²) >= 11 is 1.33. The third kappa shape index (κ3) is 4.51. The van der Waals surface area contributed by atoms with Gasteiger partial charge in [0.1, 0.15) is 11.2 Å². The Hall–Kier alpha value is -2.81. The molecular weight excluding hydrogens is 400 g/mol. The Kier molecular flexibility index (Phi) is 7.15. The van der Waals surface area contributed by atoms with E-state index in [1.807, 2.05) is 36.1 Å². The maximum atomic E-state index is 12.8.